The van der Waals surface area contributed by atoms with Crippen LogP contribution in [-0.2, 0) is 37.9 Å². The fourth-order valence-corrected chi connectivity index (χ4v) is 5.12. The molecule has 0 aromatic heterocycles. The zero-order chi connectivity index (χ0) is 16.3. The van der Waals surface area contributed by atoms with Crippen molar-refractivity contribution in [2.75, 3.05) is 0 Å². The van der Waals surface area contributed by atoms with E-state index in [9.17, 15) is 27.3 Å². The Kier molecular flexibility index (Phi) is 3.67. The van der Waals surface area contributed by atoms with Crippen LogP contribution in [0.4, 0.5) is 8.78 Å². The van der Waals surface area contributed by atoms with Crippen LogP contribution in [0.15, 0.2) is 0 Å². The van der Waals surface area contributed by atoms with Crippen LogP contribution in [0, 0.1) is 0 Å². The lowest BCUT2D eigenvalue weighted by Gasteiger charge is -2.30. The largest absolute Gasteiger partial charge is 0.691 e. The van der Waals surface area contributed by atoms with Crippen molar-refractivity contribution in [3.8, 4) is 0 Å². The number of hydrogen-bond donors (Lipinski definition) is 0. The molecule has 3 aliphatic rings. The van der Waals surface area contributed by atoms with Gasteiger partial charge in [-0.1, -0.05) is 0 Å². The number of alkyl halides is 2. The Morgan fingerprint density at radius 1 is 1.50 bits per heavy atom. The lowest BCUT2D eigenvalue weighted by atomic mass is 9.85. The number of halogens is 2. The molecule has 0 saturated carbocycles. The molecule has 9 nitrogen and oxygen atoms in total. The van der Waals surface area contributed by atoms with Crippen LogP contribution in [0.2, 0.25) is 0 Å². The predicted molar refractivity (Wildman–Crippen MR) is 60.1 cm³/mol. The fraction of sp³-hybridized carbons (Fsp3) is 0.889. The quantitative estimate of drug-likeness (QED) is 0.198. The van der Waals surface area contributed by atoms with Crippen molar-refractivity contribution < 1.29 is 50.3 Å². The molecule has 0 spiro atoms. The molecule has 3 saturated heterocycles. The first-order valence-electron chi connectivity index (χ1n) is 5.94. The van der Waals surface area contributed by atoms with E-state index in [0.29, 0.717) is 0 Å². The van der Waals surface area contributed by atoms with Crippen LogP contribution in [-0.4, -0.2) is 48.8 Å². The van der Waals surface area contributed by atoms with Crippen LogP contribution < -0.4 is 5.26 Å². The molecule has 0 aromatic carbocycles. The molecule has 5 atom stereocenters. The average molecular weight is 363 g/mol. The normalized spacial score (nSPS) is 41.8. The number of carbonyl (C=O) groups is 1. The highest BCUT2D eigenvalue weighted by Crippen LogP contribution is 2.54. The highest BCUT2D eigenvalue weighted by Gasteiger charge is 2.73. The minimum absolute atomic E-state index is 0.0875. The summed E-state index contributed by atoms with van der Waals surface area (Å²) in [4.78, 5) is 11.5. The summed E-state index contributed by atoms with van der Waals surface area (Å²) in [6.07, 6.45) is -2.93. The minimum Gasteiger partial charge on any atom is -0.691 e. The van der Waals surface area contributed by atoms with Gasteiger partial charge < -0.3 is 14.7 Å². The molecular formula is C9H9F2O9S2-. The third-order valence-corrected chi connectivity index (χ3v) is 6.03. The Balaban J connectivity index is 1.79. The molecule has 3 rings (SSSR count). The molecule has 0 aromatic rings. The van der Waals surface area contributed by atoms with E-state index in [4.69, 9.17) is 8.92 Å². The van der Waals surface area contributed by atoms with Gasteiger partial charge in [-0.15, -0.1) is 0 Å². The van der Waals surface area contributed by atoms with Crippen molar-refractivity contribution in [3.63, 3.8) is 0 Å². The SMILES string of the molecule is CC12CC3OS(=O)(=O)C(C3O1)C2OC(=O)C(F)(F)SOO[O-]. The topological polar surface area (TPSA) is 120 Å². The molecule has 0 radical (unpaired) electrons. The fourth-order valence-electron chi connectivity index (χ4n) is 3.04. The molecule has 2 bridgehead atoms. The van der Waals surface area contributed by atoms with E-state index in [1.807, 2.05) is 0 Å². The zero-order valence-electron chi connectivity index (χ0n) is 10.8. The number of hydrogen-bond acceptors (Lipinski definition) is 10. The van der Waals surface area contributed by atoms with Gasteiger partial charge >= 0.3 is 11.2 Å². The molecule has 3 heterocycles. The number of carbonyl (C=O) groups excluding carboxylic acids is 1. The van der Waals surface area contributed by atoms with Gasteiger partial charge in [-0.3, -0.25) is 9.22 Å². The van der Waals surface area contributed by atoms with E-state index in [2.05, 4.69) is 14.1 Å². The molecular weight excluding hydrogens is 354 g/mol. The van der Waals surface area contributed by atoms with Gasteiger partial charge in [0.15, 0.2) is 11.4 Å². The number of fused-ring (bicyclic) bond motifs is 1. The van der Waals surface area contributed by atoms with E-state index in [-0.39, 0.29) is 6.42 Å². The van der Waals surface area contributed by atoms with Crippen molar-refractivity contribution in [1.29, 1.82) is 0 Å². The third kappa shape index (κ3) is 2.31. The van der Waals surface area contributed by atoms with E-state index in [0.717, 1.165) is 0 Å². The van der Waals surface area contributed by atoms with Crippen molar-refractivity contribution in [2.24, 2.45) is 0 Å². The lowest BCUT2D eigenvalue weighted by Crippen LogP contribution is -2.50. The predicted octanol–water partition coefficient (Wildman–Crippen LogP) is -0.979. The Bertz CT molecular complexity index is 592. The van der Waals surface area contributed by atoms with Crippen LogP contribution in [0.3, 0.4) is 0 Å². The maximum atomic E-state index is 13.4. The van der Waals surface area contributed by atoms with E-state index in [1.165, 1.54) is 6.92 Å². The third-order valence-electron chi connectivity index (χ3n) is 3.83. The van der Waals surface area contributed by atoms with Crippen LogP contribution in [0.5, 0.6) is 0 Å². The first-order chi connectivity index (χ1) is 10.1. The summed E-state index contributed by atoms with van der Waals surface area (Å²) in [7, 11) is -4.09. The van der Waals surface area contributed by atoms with Gasteiger partial charge in [0.2, 0.25) is 0 Å². The molecule has 13 heteroatoms. The van der Waals surface area contributed by atoms with Crippen LogP contribution >= 0.6 is 12.0 Å². The maximum absolute atomic E-state index is 13.4. The highest BCUT2D eigenvalue weighted by molar-refractivity contribution is 7.96. The molecule has 22 heavy (non-hydrogen) atoms. The van der Waals surface area contributed by atoms with Gasteiger partial charge in [-0.05, 0) is 6.92 Å². The first kappa shape index (κ1) is 16.3. The monoisotopic (exact) mass is 363 g/mol. The van der Waals surface area contributed by atoms with Crippen LogP contribution in [0.25, 0.3) is 0 Å². The van der Waals surface area contributed by atoms with Gasteiger partial charge in [-0.25, -0.2) is 4.79 Å². The molecule has 3 aliphatic heterocycles. The Morgan fingerprint density at radius 2 is 2.18 bits per heavy atom. The minimum atomic E-state index is -4.26. The molecule has 3 fully saturated rings. The van der Waals surface area contributed by atoms with Gasteiger partial charge in [0.05, 0.1) is 0 Å². The highest BCUT2D eigenvalue weighted by atomic mass is 32.2. The van der Waals surface area contributed by atoms with Crippen LogP contribution in [0.1, 0.15) is 13.3 Å². The summed E-state index contributed by atoms with van der Waals surface area (Å²) in [6.45, 7) is 1.45. The molecule has 0 amide bonds. The first-order valence-corrected chi connectivity index (χ1v) is 8.15. The van der Waals surface area contributed by atoms with Crippen molar-refractivity contribution in [2.45, 2.75) is 47.8 Å². The van der Waals surface area contributed by atoms with E-state index < -0.39 is 62.5 Å². The number of rotatable bonds is 5. The van der Waals surface area contributed by atoms with E-state index >= 15 is 0 Å². The summed E-state index contributed by atoms with van der Waals surface area (Å²) in [6, 6.07) is 0. The summed E-state index contributed by atoms with van der Waals surface area (Å²) in [5.74, 6) is -2.07. The maximum Gasteiger partial charge on any atom is 0.415 e. The van der Waals surface area contributed by atoms with Gasteiger partial charge in [-0.2, -0.15) is 21.5 Å². The van der Waals surface area contributed by atoms with Crippen molar-refractivity contribution in [1.82, 2.24) is 0 Å². The number of esters is 1. The van der Waals surface area contributed by atoms with Gasteiger partial charge in [0.1, 0.15) is 29.9 Å². The van der Waals surface area contributed by atoms with Crippen molar-refractivity contribution >= 4 is 28.1 Å². The van der Waals surface area contributed by atoms with Gasteiger partial charge in [0, 0.05) is 6.42 Å². The molecule has 0 N–H and O–H groups in total. The second-order valence-electron chi connectivity index (χ2n) is 5.25. The summed E-state index contributed by atoms with van der Waals surface area (Å²) in [5, 5.41) is 6.66. The second kappa shape index (κ2) is 4.96. The van der Waals surface area contributed by atoms with Gasteiger partial charge in [0.25, 0.3) is 10.1 Å². The average Bonchev–Trinajstić information content (AvgIpc) is 2.91. The standard InChI is InChI=1S/C9H10F2O9S2/c1-8-2-3-4(17-8)5(22(14,15)18-3)6(8)16-7(12)9(10,11)21-20-19-13/h3-6,13H,2H2,1H3/p-1. The van der Waals surface area contributed by atoms with Crippen molar-refractivity contribution in [3.05, 3.63) is 0 Å². The summed E-state index contributed by atoms with van der Waals surface area (Å²) in [5.41, 5.74) is -1.24. The molecule has 5 unspecified atom stereocenters. The summed E-state index contributed by atoms with van der Waals surface area (Å²) >= 11 is -0.856. The Labute approximate surface area is 127 Å². The lowest BCUT2D eigenvalue weighted by molar-refractivity contribution is -0.777. The second-order valence-corrected chi connectivity index (χ2v) is 7.79. The molecule has 0 aliphatic carbocycles. The molecule has 126 valence electrons. The van der Waals surface area contributed by atoms with E-state index in [1.54, 1.807) is 0 Å². The Hall–Kier alpha value is -0.570. The number of ether oxygens (including phenoxy) is 2. The smallest absolute Gasteiger partial charge is 0.415 e. The summed E-state index contributed by atoms with van der Waals surface area (Å²) < 4.78 is 68.8. The Morgan fingerprint density at radius 3 is 2.82 bits per heavy atom. The zero-order valence-corrected chi connectivity index (χ0v) is 12.4.